The van der Waals surface area contributed by atoms with Gasteiger partial charge in [0.05, 0.1) is 24.7 Å². The summed E-state index contributed by atoms with van der Waals surface area (Å²) in [6.07, 6.45) is 3.42. The first kappa shape index (κ1) is 20.2. The molecule has 0 aliphatic heterocycles. The first-order valence-electron chi connectivity index (χ1n) is 8.66. The quantitative estimate of drug-likeness (QED) is 0.629. The number of carbonyl (C=O) groups excluding carboxylic acids is 1. The molecular weight excluding hydrogens is 383 g/mol. The second-order valence-corrected chi connectivity index (χ2v) is 6.11. The lowest BCUT2D eigenvalue weighted by Crippen LogP contribution is -2.22. The van der Waals surface area contributed by atoms with Crippen molar-refractivity contribution in [3.63, 3.8) is 0 Å². The lowest BCUT2D eigenvalue weighted by atomic mass is 10.1. The topological polar surface area (TPSA) is 56.1 Å². The minimum Gasteiger partial charge on any atom is -0.495 e. The van der Waals surface area contributed by atoms with Crippen molar-refractivity contribution in [1.82, 2.24) is 14.9 Å². The van der Waals surface area contributed by atoms with E-state index >= 15 is 0 Å². The number of aromatic nitrogens is 2. The van der Waals surface area contributed by atoms with E-state index in [0.29, 0.717) is 11.3 Å². The van der Waals surface area contributed by atoms with Crippen molar-refractivity contribution in [1.29, 1.82) is 0 Å². The van der Waals surface area contributed by atoms with Crippen molar-refractivity contribution in [2.45, 2.75) is 12.7 Å². The fourth-order valence-electron chi connectivity index (χ4n) is 2.78. The van der Waals surface area contributed by atoms with Crippen LogP contribution in [0.3, 0.4) is 0 Å². The number of imidazole rings is 1. The normalized spacial score (nSPS) is 11.6. The van der Waals surface area contributed by atoms with Gasteiger partial charge in [0.2, 0.25) is 5.91 Å². The van der Waals surface area contributed by atoms with Crippen molar-refractivity contribution < 1.29 is 22.7 Å². The van der Waals surface area contributed by atoms with E-state index in [9.17, 15) is 18.0 Å². The largest absolute Gasteiger partial charge is 0.495 e. The summed E-state index contributed by atoms with van der Waals surface area (Å²) in [6, 6.07) is 10.5. The number of hydrogen-bond donors (Lipinski definition) is 1. The number of carbonyl (C=O) groups is 1. The Morgan fingerprint density at radius 2 is 2.03 bits per heavy atom. The molecule has 150 valence electrons. The van der Waals surface area contributed by atoms with E-state index in [1.165, 1.54) is 31.4 Å². The summed E-state index contributed by atoms with van der Waals surface area (Å²) in [7, 11) is 1.54. The Morgan fingerprint density at radius 3 is 2.72 bits per heavy atom. The smallest absolute Gasteiger partial charge is 0.416 e. The molecule has 0 aliphatic rings. The van der Waals surface area contributed by atoms with Crippen molar-refractivity contribution in [2.24, 2.45) is 0 Å². The molecule has 0 saturated carbocycles. The Balaban J connectivity index is 1.67. The second kappa shape index (κ2) is 8.64. The zero-order chi connectivity index (χ0) is 20.9. The van der Waals surface area contributed by atoms with Crippen LogP contribution in [0.2, 0.25) is 0 Å². The molecule has 1 N–H and O–H groups in total. The Kier molecular flexibility index (Phi) is 6.01. The van der Waals surface area contributed by atoms with Gasteiger partial charge in [-0.15, -0.1) is 0 Å². The Bertz CT molecular complexity index is 1010. The van der Waals surface area contributed by atoms with Crippen LogP contribution < -0.4 is 10.1 Å². The number of rotatable bonds is 6. The van der Waals surface area contributed by atoms with Crippen molar-refractivity contribution in [3.05, 3.63) is 84.0 Å². The number of nitrogens with zero attached hydrogens (tertiary/aromatic N) is 2. The molecule has 3 aromatic rings. The fourth-order valence-corrected chi connectivity index (χ4v) is 2.78. The zero-order valence-corrected chi connectivity index (χ0v) is 15.5. The molecule has 5 nitrogen and oxygen atoms in total. The van der Waals surface area contributed by atoms with Crippen LogP contribution in [0.4, 0.5) is 13.2 Å². The van der Waals surface area contributed by atoms with Gasteiger partial charge in [0.1, 0.15) is 5.75 Å². The molecule has 0 spiro atoms. The Hall–Kier alpha value is -3.55. The maximum atomic E-state index is 13.0. The number of ether oxygens (including phenoxy) is 1. The maximum Gasteiger partial charge on any atom is 0.416 e. The van der Waals surface area contributed by atoms with Gasteiger partial charge in [-0.25, -0.2) is 4.98 Å². The molecule has 0 aliphatic carbocycles. The van der Waals surface area contributed by atoms with Crippen LogP contribution in [0.25, 0.3) is 11.8 Å². The number of methoxy groups -OCH3 is 1. The Labute approximate surface area is 165 Å². The molecule has 0 saturated heterocycles. The number of benzene rings is 2. The molecule has 1 aromatic heterocycles. The number of amides is 1. The van der Waals surface area contributed by atoms with Crippen molar-refractivity contribution in [2.75, 3.05) is 7.11 Å². The van der Waals surface area contributed by atoms with Gasteiger partial charge in [-0.2, -0.15) is 13.2 Å². The summed E-state index contributed by atoms with van der Waals surface area (Å²) in [5, 5.41) is 2.47. The minimum absolute atomic E-state index is 0.00750. The van der Waals surface area contributed by atoms with E-state index in [1.807, 2.05) is 6.07 Å². The van der Waals surface area contributed by atoms with Gasteiger partial charge in [-0.3, -0.25) is 4.79 Å². The third-order valence-electron chi connectivity index (χ3n) is 4.19. The molecular formula is C21H18F3N3O2. The van der Waals surface area contributed by atoms with E-state index in [1.54, 1.807) is 41.5 Å². The third-order valence-corrected chi connectivity index (χ3v) is 4.19. The highest BCUT2D eigenvalue weighted by Crippen LogP contribution is 2.31. The predicted octanol–water partition coefficient (Wildman–Crippen LogP) is 4.23. The average molecular weight is 401 g/mol. The summed E-state index contributed by atoms with van der Waals surface area (Å²) in [6.45, 7) is -0.220. The van der Waals surface area contributed by atoms with Gasteiger partial charge >= 0.3 is 6.18 Å². The van der Waals surface area contributed by atoms with Crippen LogP contribution in [-0.4, -0.2) is 22.6 Å². The molecule has 2 aromatic carbocycles. The van der Waals surface area contributed by atoms with E-state index in [0.717, 1.165) is 11.8 Å². The van der Waals surface area contributed by atoms with Gasteiger partial charge in [-0.1, -0.05) is 24.3 Å². The average Bonchev–Trinajstić information content (AvgIpc) is 3.24. The van der Waals surface area contributed by atoms with Crippen molar-refractivity contribution >= 4 is 12.0 Å². The zero-order valence-electron chi connectivity index (χ0n) is 15.5. The summed E-state index contributed by atoms with van der Waals surface area (Å²) in [4.78, 5) is 16.0. The first-order chi connectivity index (χ1) is 13.9. The monoisotopic (exact) mass is 401 g/mol. The standard InChI is InChI=1S/C21H18F3N3O2/c1-29-19-12-15(6-8-18(19)27-11-10-25-14-27)7-9-20(28)26-13-16-4-2-3-5-17(16)21(22,23)24/h2-12,14H,13H2,1H3,(H,26,28). The van der Waals surface area contributed by atoms with Crippen LogP contribution in [0.5, 0.6) is 5.75 Å². The molecule has 0 fully saturated rings. The highest BCUT2D eigenvalue weighted by molar-refractivity contribution is 5.91. The summed E-state index contributed by atoms with van der Waals surface area (Å²) in [5.41, 5.74) is 0.740. The second-order valence-electron chi connectivity index (χ2n) is 6.11. The fraction of sp³-hybridized carbons (Fsp3) is 0.143. The predicted molar refractivity (Wildman–Crippen MR) is 102 cm³/mol. The van der Waals surface area contributed by atoms with Crippen LogP contribution in [0.15, 0.2) is 67.3 Å². The summed E-state index contributed by atoms with van der Waals surface area (Å²) >= 11 is 0. The van der Waals surface area contributed by atoms with Gasteiger partial charge < -0.3 is 14.6 Å². The van der Waals surface area contributed by atoms with Crippen LogP contribution in [0, 0.1) is 0 Å². The van der Waals surface area contributed by atoms with Crippen LogP contribution in [0.1, 0.15) is 16.7 Å². The highest BCUT2D eigenvalue weighted by atomic mass is 19.4. The number of nitrogens with one attached hydrogen (secondary N) is 1. The summed E-state index contributed by atoms with van der Waals surface area (Å²) in [5.74, 6) is 0.0873. The van der Waals surface area contributed by atoms with Crippen LogP contribution in [-0.2, 0) is 17.5 Å². The molecule has 0 unspecified atom stereocenters. The molecule has 3 rings (SSSR count). The van der Waals surface area contributed by atoms with E-state index in [2.05, 4.69) is 10.3 Å². The minimum atomic E-state index is -4.47. The highest BCUT2D eigenvalue weighted by Gasteiger charge is 2.32. The lowest BCUT2D eigenvalue weighted by Gasteiger charge is -2.12. The maximum absolute atomic E-state index is 13.0. The summed E-state index contributed by atoms with van der Waals surface area (Å²) < 4.78 is 46.2. The number of alkyl halides is 3. The molecule has 1 amide bonds. The molecule has 0 atom stereocenters. The van der Waals surface area contributed by atoms with Crippen LogP contribution >= 0.6 is 0 Å². The van der Waals surface area contributed by atoms with E-state index < -0.39 is 17.6 Å². The van der Waals surface area contributed by atoms with Crippen molar-refractivity contribution in [3.8, 4) is 11.4 Å². The number of hydrogen-bond acceptors (Lipinski definition) is 3. The first-order valence-corrected chi connectivity index (χ1v) is 8.66. The third kappa shape index (κ3) is 5.04. The SMILES string of the molecule is COc1cc(C=CC(=O)NCc2ccccc2C(F)(F)F)ccc1-n1ccnc1. The van der Waals surface area contributed by atoms with E-state index in [-0.39, 0.29) is 12.1 Å². The molecule has 0 bridgehead atoms. The van der Waals surface area contributed by atoms with Gasteiger partial charge in [0.25, 0.3) is 0 Å². The van der Waals surface area contributed by atoms with Gasteiger partial charge in [-0.05, 0) is 35.4 Å². The number of halogens is 3. The van der Waals surface area contributed by atoms with Gasteiger partial charge in [0.15, 0.2) is 0 Å². The lowest BCUT2D eigenvalue weighted by molar-refractivity contribution is -0.138. The van der Waals surface area contributed by atoms with E-state index in [4.69, 9.17) is 4.74 Å². The molecule has 0 radical (unpaired) electrons. The molecule has 1 heterocycles. The molecule has 8 heteroatoms. The van der Waals surface area contributed by atoms with Gasteiger partial charge in [0, 0.05) is 25.0 Å². The Morgan fingerprint density at radius 1 is 1.24 bits per heavy atom. The molecule has 29 heavy (non-hydrogen) atoms.